The maximum atomic E-state index is 11.6. The van der Waals surface area contributed by atoms with Gasteiger partial charge in [0.2, 0.25) is 5.91 Å². The van der Waals surface area contributed by atoms with Crippen LogP contribution in [-0.4, -0.2) is 41.9 Å². The van der Waals surface area contributed by atoms with Crippen molar-refractivity contribution in [2.75, 3.05) is 19.7 Å². The van der Waals surface area contributed by atoms with Gasteiger partial charge in [-0.3, -0.25) is 18.4 Å². The molecule has 0 aromatic carbocycles. The van der Waals surface area contributed by atoms with Crippen molar-refractivity contribution in [3.8, 4) is 0 Å². The summed E-state index contributed by atoms with van der Waals surface area (Å²) in [6.07, 6.45) is -0.231. The number of nitrogens with two attached hydrogens (primary N) is 2. The molecule has 0 saturated heterocycles. The zero-order valence-electron chi connectivity index (χ0n) is 8.04. The van der Waals surface area contributed by atoms with E-state index >= 15 is 0 Å². The number of amides is 1. The van der Waals surface area contributed by atoms with Crippen LogP contribution in [0.5, 0.6) is 0 Å². The summed E-state index contributed by atoms with van der Waals surface area (Å²) >= 11 is 0. The third-order valence-corrected chi connectivity index (χ3v) is 3.41. The second-order valence-electron chi connectivity index (χ2n) is 2.65. The van der Waals surface area contributed by atoms with Gasteiger partial charge < -0.3 is 21.7 Å². The Hall–Kier alpha value is -0.500. The number of primary amides is 1. The Labute approximate surface area is 86.7 Å². The van der Waals surface area contributed by atoms with Crippen molar-refractivity contribution in [3.05, 3.63) is 0 Å². The lowest BCUT2D eigenvalue weighted by molar-refractivity contribution is -0.119. The Bertz CT molecular complexity index is 238. The second-order valence-corrected chi connectivity index (χ2v) is 4.83. The monoisotopic (exact) mass is 242 g/mol. The molecule has 0 radical (unpaired) electrons. The van der Waals surface area contributed by atoms with Crippen molar-refractivity contribution >= 4 is 13.5 Å². The fourth-order valence-corrected chi connectivity index (χ4v) is 2.06. The number of carbonyl (C=O) groups is 1. The van der Waals surface area contributed by atoms with Gasteiger partial charge in [0.1, 0.15) is 0 Å². The zero-order chi connectivity index (χ0) is 11.9. The van der Waals surface area contributed by atoms with Gasteiger partial charge in [-0.25, -0.2) is 0 Å². The van der Waals surface area contributed by atoms with Crippen LogP contribution in [0.1, 0.15) is 6.42 Å². The van der Waals surface area contributed by atoms with Gasteiger partial charge >= 0.3 is 7.60 Å². The van der Waals surface area contributed by atoms with E-state index in [1.165, 1.54) is 0 Å². The quantitative estimate of drug-likeness (QED) is 0.293. The minimum absolute atomic E-state index is 0.0212. The van der Waals surface area contributed by atoms with Gasteiger partial charge in [0, 0.05) is 0 Å². The number of aliphatic hydroxyl groups is 2. The Balaban J connectivity index is 4.18. The summed E-state index contributed by atoms with van der Waals surface area (Å²) in [6, 6.07) is -0.970. The summed E-state index contributed by atoms with van der Waals surface area (Å²) in [6.45, 7) is -1.63. The fraction of sp³-hybridized carbons (Fsp3) is 0.833. The minimum Gasteiger partial charge on any atom is -0.370 e. The number of hydrogen-bond donors (Lipinski definition) is 4. The Morgan fingerprint density at radius 2 is 1.80 bits per heavy atom. The molecule has 15 heavy (non-hydrogen) atoms. The number of carbonyl (C=O) groups excluding carboxylic acids is 1. The third-order valence-electron chi connectivity index (χ3n) is 1.59. The lowest BCUT2D eigenvalue weighted by atomic mass is 10.2. The average Bonchev–Trinajstić information content (AvgIpc) is 2.15. The fourth-order valence-electron chi connectivity index (χ4n) is 0.782. The molecule has 0 aliphatic rings. The van der Waals surface area contributed by atoms with Crippen LogP contribution >= 0.6 is 7.60 Å². The summed E-state index contributed by atoms with van der Waals surface area (Å²) in [7, 11) is -3.60. The average molecular weight is 242 g/mol. The second kappa shape index (κ2) is 6.89. The normalized spacial score (nSPS) is 13.8. The predicted molar refractivity (Wildman–Crippen MR) is 50.6 cm³/mol. The lowest BCUT2D eigenvalue weighted by Crippen LogP contribution is -2.37. The molecule has 6 N–H and O–H groups in total. The Kier molecular flexibility index (Phi) is 6.66. The van der Waals surface area contributed by atoms with Gasteiger partial charge in [-0.1, -0.05) is 0 Å². The lowest BCUT2D eigenvalue weighted by Gasteiger charge is -2.16. The number of aliphatic hydroxyl groups excluding tert-OH is 2. The molecule has 0 spiro atoms. The van der Waals surface area contributed by atoms with Crippen LogP contribution in [-0.2, 0) is 18.4 Å². The van der Waals surface area contributed by atoms with Crippen LogP contribution in [0.2, 0.25) is 0 Å². The molecule has 0 aliphatic heterocycles. The molecular formula is C6H15N2O6P. The van der Waals surface area contributed by atoms with Gasteiger partial charge in [0.05, 0.1) is 12.2 Å². The number of hydrogen-bond acceptors (Lipinski definition) is 7. The molecule has 8 nitrogen and oxygen atoms in total. The highest BCUT2D eigenvalue weighted by atomic mass is 31.2. The van der Waals surface area contributed by atoms with Crippen LogP contribution in [0, 0.1) is 0 Å². The zero-order valence-corrected chi connectivity index (χ0v) is 8.93. The van der Waals surface area contributed by atoms with E-state index in [1.54, 1.807) is 0 Å². The van der Waals surface area contributed by atoms with Crippen LogP contribution in [0.4, 0.5) is 0 Å². The Morgan fingerprint density at radius 3 is 2.13 bits per heavy atom. The van der Waals surface area contributed by atoms with E-state index < -0.39 is 33.1 Å². The summed E-state index contributed by atoms with van der Waals surface area (Å²) in [4.78, 5) is 10.6. The topological polar surface area (TPSA) is 145 Å². The molecule has 0 unspecified atom stereocenters. The molecule has 90 valence electrons. The minimum atomic E-state index is -3.60. The highest BCUT2D eigenvalue weighted by Crippen LogP contribution is 2.48. The first-order valence-corrected chi connectivity index (χ1v) is 5.82. The van der Waals surface area contributed by atoms with E-state index in [0.717, 1.165) is 0 Å². The molecule has 1 amide bonds. The van der Waals surface area contributed by atoms with E-state index in [0.29, 0.717) is 0 Å². The molecule has 0 heterocycles. The Morgan fingerprint density at radius 1 is 1.33 bits per heavy atom. The van der Waals surface area contributed by atoms with E-state index in [4.69, 9.17) is 21.7 Å². The summed E-state index contributed by atoms with van der Waals surface area (Å²) < 4.78 is 20.4. The standard InChI is InChI=1S/C6H15N2O6P/c7-5(6(8)11)1-2-15(12,13-3-9)14-4-10/h5,9-10H,1-4,7H2,(H2,8,11)/t5-/m1/s1. The first-order chi connectivity index (χ1) is 6.95. The maximum absolute atomic E-state index is 11.6. The molecule has 9 heteroatoms. The predicted octanol–water partition coefficient (Wildman–Crippen LogP) is -1.69. The molecule has 0 aromatic rings. The first kappa shape index (κ1) is 14.5. The van der Waals surface area contributed by atoms with Crippen LogP contribution in [0.15, 0.2) is 0 Å². The van der Waals surface area contributed by atoms with Crippen LogP contribution in [0.3, 0.4) is 0 Å². The first-order valence-electron chi connectivity index (χ1n) is 4.10. The van der Waals surface area contributed by atoms with Gasteiger partial charge in [-0.2, -0.15) is 0 Å². The van der Waals surface area contributed by atoms with E-state index in [9.17, 15) is 9.36 Å². The van der Waals surface area contributed by atoms with Crippen molar-refractivity contribution in [1.29, 1.82) is 0 Å². The van der Waals surface area contributed by atoms with Crippen LogP contribution in [0.25, 0.3) is 0 Å². The largest absolute Gasteiger partial charge is 0.370 e. The molecule has 1 atom stereocenters. The highest BCUT2D eigenvalue weighted by Gasteiger charge is 2.26. The van der Waals surface area contributed by atoms with Crippen molar-refractivity contribution < 1.29 is 28.6 Å². The summed E-state index contributed by atoms with van der Waals surface area (Å²) in [5, 5.41) is 16.8. The van der Waals surface area contributed by atoms with E-state index in [2.05, 4.69) is 9.05 Å². The molecule has 0 aromatic heterocycles. The van der Waals surface area contributed by atoms with Crippen molar-refractivity contribution in [2.24, 2.45) is 11.5 Å². The summed E-state index contributed by atoms with van der Waals surface area (Å²) in [5.74, 6) is -0.741. The highest BCUT2D eigenvalue weighted by molar-refractivity contribution is 7.53. The van der Waals surface area contributed by atoms with Gasteiger partial charge in [0.15, 0.2) is 13.6 Å². The molecule has 0 aliphatic carbocycles. The van der Waals surface area contributed by atoms with Crippen LogP contribution < -0.4 is 11.5 Å². The molecule has 0 rings (SSSR count). The molecule has 0 fully saturated rings. The molecule has 0 saturated carbocycles. The third kappa shape index (κ3) is 5.83. The summed E-state index contributed by atoms with van der Waals surface area (Å²) in [5.41, 5.74) is 10.2. The number of rotatable bonds is 8. The van der Waals surface area contributed by atoms with Crippen molar-refractivity contribution in [1.82, 2.24) is 0 Å². The maximum Gasteiger partial charge on any atom is 0.334 e. The van der Waals surface area contributed by atoms with Gasteiger partial charge in [0.25, 0.3) is 0 Å². The SMILES string of the molecule is NC(=O)[C@H](N)CCP(=O)(OCO)OCO. The van der Waals surface area contributed by atoms with Crippen molar-refractivity contribution in [2.45, 2.75) is 12.5 Å². The van der Waals surface area contributed by atoms with Crippen molar-refractivity contribution in [3.63, 3.8) is 0 Å². The molecular weight excluding hydrogens is 227 g/mol. The molecule has 0 bridgehead atoms. The van der Waals surface area contributed by atoms with E-state index in [1.807, 2.05) is 0 Å². The van der Waals surface area contributed by atoms with E-state index in [-0.39, 0.29) is 12.6 Å². The van der Waals surface area contributed by atoms with Gasteiger partial charge in [-0.05, 0) is 6.42 Å². The van der Waals surface area contributed by atoms with Gasteiger partial charge in [-0.15, -0.1) is 0 Å². The smallest absolute Gasteiger partial charge is 0.334 e.